The number of thiophene rings is 1. The minimum Gasteiger partial charge on any atom is -1.00 e. The third kappa shape index (κ3) is 3.10. The molecule has 0 atom stereocenters. The van der Waals surface area contributed by atoms with Crippen LogP contribution in [0.4, 0.5) is 0 Å². The van der Waals surface area contributed by atoms with E-state index < -0.39 is 0 Å². The summed E-state index contributed by atoms with van der Waals surface area (Å²) in [5, 5.41) is 1.96. The van der Waals surface area contributed by atoms with Gasteiger partial charge in [0.2, 0.25) is 5.78 Å². The number of Topliss-reactive ketones (excluding diaryl/α,β-unsaturated/α-hetero) is 1. The van der Waals surface area contributed by atoms with Crippen LogP contribution in [0.3, 0.4) is 0 Å². The Hall–Kier alpha value is -1.72. The van der Waals surface area contributed by atoms with Crippen molar-refractivity contribution in [1.82, 2.24) is 4.57 Å². The number of rotatable bonds is 4. The first-order chi connectivity index (χ1) is 11.2. The number of fused-ring (bicyclic) bond motifs is 1. The smallest absolute Gasteiger partial charge is 0.257 e. The summed E-state index contributed by atoms with van der Waals surface area (Å²) in [4.78, 5) is 13.3. The molecule has 0 amide bonds. The molecule has 0 fully saturated rings. The number of benzene rings is 1. The van der Waals surface area contributed by atoms with Gasteiger partial charge in [-0.3, -0.25) is 4.79 Å². The highest BCUT2D eigenvalue weighted by atomic mass is 79.9. The fraction of sp³-hybridized carbons (Fsp3) is 0.263. The van der Waals surface area contributed by atoms with Crippen LogP contribution in [-0.2, 0) is 19.5 Å². The molecule has 0 aliphatic carbocycles. The number of aryl methyl sites for hydroxylation is 1. The van der Waals surface area contributed by atoms with Gasteiger partial charge in [-0.25, -0.2) is 9.13 Å². The predicted molar refractivity (Wildman–Crippen MR) is 91.8 cm³/mol. The Kier molecular flexibility index (Phi) is 5.01. The quantitative estimate of drug-likeness (QED) is 0.464. The van der Waals surface area contributed by atoms with Crippen molar-refractivity contribution in [3.63, 3.8) is 0 Å². The van der Waals surface area contributed by atoms with Crippen LogP contribution in [-0.4, -0.2) is 10.4 Å². The van der Waals surface area contributed by atoms with E-state index in [4.69, 9.17) is 0 Å². The zero-order valence-corrected chi connectivity index (χ0v) is 15.9. The predicted octanol–water partition coefficient (Wildman–Crippen LogP) is 0.646. The molecule has 24 heavy (non-hydrogen) atoms. The first-order valence-corrected chi connectivity index (χ1v) is 8.86. The molecule has 0 spiro atoms. The Morgan fingerprint density at radius 1 is 1.25 bits per heavy atom. The lowest BCUT2D eigenvalue weighted by molar-refractivity contribution is -0.689. The summed E-state index contributed by atoms with van der Waals surface area (Å²) in [7, 11) is 0. The molecule has 5 heteroatoms. The first kappa shape index (κ1) is 17.1. The van der Waals surface area contributed by atoms with Crippen molar-refractivity contribution < 1.29 is 26.3 Å². The van der Waals surface area contributed by atoms with Gasteiger partial charge in [0.05, 0.1) is 17.8 Å². The minimum atomic E-state index is 0. The lowest BCUT2D eigenvalue weighted by Gasteiger charge is -1.99. The van der Waals surface area contributed by atoms with Crippen LogP contribution in [0, 0.1) is 6.92 Å². The standard InChI is InChI=1S/C19H19N2OS.BrH/c1-14-6-8-15(9-7-14)16-12-20(19-5-2-10-21(16)19)13-17(22)18-4-3-11-23-18;/h3-4,6-9,11-12H,2,5,10,13H2,1H3;1H/q+1;/p-1. The monoisotopic (exact) mass is 402 g/mol. The molecule has 2 aromatic heterocycles. The number of aromatic nitrogens is 2. The van der Waals surface area contributed by atoms with Gasteiger partial charge in [-0.15, -0.1) is 11.3 Å². The number of imidazole rings is 1. The topological polar surface area (TPSA) is 25.9 Å². The molecule has 1 aromatic carbocycles. The zero-order chi connectivity index (χ0) is 15.8. The normalized spacial score (nSPS) is 12.7. The van der Waals surface area contributed by atoms with E-state index in [0.717, 1.165) is 24.3 Å². The summed E-state index contributed by atoms with van der Waals surface area (Å²) >= 11 is 1.52. The van der Waals surface area contributed by atoms with E-state index in [1.807, 2.05) is 17.5 Å². The van der Waals surface area contributed by atoms with E-state index in [9.17, 15) is 4.79 Å². The van der Waals surface area contributed by atoms with Crippen molar-refractivity contribution in [1.29, 1.82) is 0 Å². The van der Waals surface area contributed by atoms with Gasteiger partial charge < -0.3 is 17.0 Å². The van der Waals surface area contributed by atoms with Gasteiger partial charge in [0.25, 0.3) is 5.82 Å². The van der Waals surface area contributed by atoms with Crippen LogP contribution in [0.2, 0.25) is 0 Å². The average Bonchev–Trinajstić information content (AvgIpc) is 3.27. The van der Waals surface area contributed by atoms with Gasteiger partial charge in [-0.1, -0.05) is 35.9 Å². The maximum atomic E-state index is 12.4. The maximum Gasteiger partial charge on any atom is 0.257 e. The van der Waals surface area contributed by atoms with Crippen molar-refractivity contribution in [3.05, 3.63) is 64.2 Å². The number of nitrogens with zero attached hydrogens (tertiary/aromatic N) is 2. The molecule has 0 N–H and O–H groups in total. The molecule has 4 rings (SSSR count). The van der Waals surface area contributed by atoms with Gasteiger partial charge >= 0.3 is 0 Å². The molecule has 0 radical (unpaired) electrons. The number of carbonyl (C=O) groups excluding carboxylic acids is 1. The van der Waals surface area contributed by atoms with Crippen LogP contribution >= 0.6 is 11.3 Å². The molecule has 0 unspecified atom stereocenters. The molecule has 0 saturated heterocycles. The molecule has 124 valence electrons. The van der Waals surface area contributed by atoms with Crippen molar-refractivity contribution in [3.8, 4) is 11.3 Å². The second-order valence-electron chi connectivity index (χ2n) is 6.08. The SMILES string of the molecule is Cc1ccc(-c2c[n+](CC(=O)c3cccs3)c3n2CCC3)cc1.[Br-]. The second-order valence-corrected chi connectivity index (χ2v) is 7.03. The van der Waals surface area contributed by atoms with Gasteiger partial charge in [-0.05, 0) is 24.8 Å². The summed E-state index contributed by atoms with van der Waals surface area (Å²) < 4.78 is 4.51. The summed E-state index contributed by atoms with van der Waals surface area (Å²) in [6, 6.07) is 12.5. The van der Waals surface area contributed by atoms with Gasteiger partial charge in [0.1, 0.15) is 6.20 Å². The van der Waals surface area contributed by atoms with E-state index in [1.54, 1.807) is 0 Å². The Bertz CT molecular complexity index is 850. The minimum absolute atomic E-state index is 0. The number of hydrogen-bond acceptors (Lipinski definition) is 2. The number of hydrogen-bond donors (Lipinski definition) is 0. The third-order valence-corrected chi connectivity index (χ3v) is 5.36. The highest BCUT2D eigenvalue weighted by Crippen LogP contribution is 2.25. The Morgan fingerprint density at radius 3 is 2.75 bits per heavy atom. The number of halogens is 1. The van der Waals surface area contributed by atoms with Gasteiger partial charge in [-0.2, -0.15) is 0 Å². The van der Waals surface area contributed by atoms with E-state index in [0.29, 0.717) is 6.54 Å². The van der Waals surface area contributed by atoms with Gasteiger partial charge in [0, 0.05) is 5.56 Å². The molecule has 0 bridgehead atoms. The van der Waals surface area contributed by atoms with Crippen LogP contribution < -0.4 is 21.5 Å². The summed E-state index contributed by atoms with van der Waals surface area (Å²) in [5.41, 5.74) is 3.71. The molecule has 3 aromatic rings. The first-order valence-electron chi connectivity index (χ1n) is 7.98. The largest absolute Gasteiger partial charge is 1.00 e. The maximum absolute atomic E-state index is 12.4. The third-order valence-electron chi connectivity index (χ3n) is 4.45. The fourth-order valence-electron chi connectivity index (χ4n) is 3.27. The molecule has 0 saturated carbocycles. The lowest BCUT2D eigenvalue weighted by Crippen LogP contribution is -3.00. The summed E-state index contributed by atoms with van der Waals surface area (Å²) in [5.74, 6) is 1.46. The molecule has 1 aliphatic rings. The van der Waals surface area contributed by atoms with E-state index >= 15 is 0 Å². The molecule has 1 aliphatic heterocycles. The zero-order valence-electron chi connectivity index (χ0n) is 13.5. The highest BCUT2D eigenvalue weighted by molar-refractivity contribution is 7.12. The molecular formula is C19H19BrN2OS. The highest BCUT2D eigenvalue weighted by Gasteiger charge is 2.29. The second kappa shape index (κ2) is 7.03. The van der Waals surface area contributed by atoms with Gasteiger partial charge in [0.15, 0.2) is 12.2 Å². The number of ketones is 1. The van der Waals surface area contributed by atoms with Crippen molar-refractivity contribution in [2.45, 2.75) is 32.9 Å². The van der Waals surface area contributed by atoms with E-state index in [1.165, 1.54) is 34.0 Å². The van der Waals surface area contributed by atoms with Crippen LogP contribution in [0.1, 0.15) is 27.5 Å². The Balaban J connectivity index is 0.00000169. The fourth-order valence-corrected chi connectivity index (χ4v) is 3.93. The van der Waals surface area contributed by atoms with Crippen molar-refractivity contribution in [2.75, 3.05) is 0 Å². The van der Waals surface area contributed by atoms with E-state index in [-0.39, 0.29) is 22.8 Å². The summed E-state index contributed by atoms with van der Waals surface area (Å²) in [6.45, 7) is 3.58. The molecular weight excluding hydrogens is 384 g/mol. The van der Waals surface area contributed by atoms with Crippen LogP contribution in [0.5, 0.6) is 0 Å². The number of carbonyl (C=O) groups is 1. The van der Waals surface area contributed by atoms with Crippen molar-refractivity contribution >= 4 is 17.1 Å². The lowest BCUT2D eigenvalue weighted by atomic mass is 10.1. The van der Waals surface area contributed by atoms with Crippen molar-refractivity contribution in [2.24, 2.45) is 0 Å². The van der Waals surface area contributed by atoms with Crippen LogP contribution in [0.25, 0.3) is 11.3 Å². The Morgan fingerprint density at radius 2 is 2.04 bits per heavy atom. The van der Waals surface area contributed by atoms with Crippen LogP contribution in [0.15, 0.2) is 48.0 Å². The average molecular weight is 403 g/mol. The molecule has 3 heterocycles. The molecule has 3 nitrogen and oxygen atoms in total. The summed E-state index contributed by atoms with van der Waals surface area (Å²) in [6.07, 6.45) is 4.34. The van der Waals surface area contributed by atoms with E-state index in [2.05, 4.69) is 46.5 Å². The Labute approximate surface area is 156 Å².